The minimum absolute atomic E-state index is 0.918. The minimum Gasteiger partial charge on any atom is -0.0883 e. The summed E-state index contributed by atoms with van der Waals surface area (Å²) in [6.07, 6.45) is 4.20. The van der Waals surface area contributed by atoms with E-state index >= 15 is 0 Å². The number of halogens is 1. The van der Waals surface area contributed by atoms with Gasteiger partial charge in [0.05, 0.1) is 0 Å². The third-order valence-electron chi connectivity index (χ3n) is 1.44. The SMILES string of the molecule is Cc1cccc(C=CCBr)c1. The standard InChI is InChI=1S/C10H11Br/c1-9-4-2-5-10(8-9)6-3-7-11/h2-6,8H,7H2,1H3. The molecular weight excluding hydrogens is 200 g/mol. The van der Waals surface area contributed by atoms with Crippen LogP contribution in [-0.4, -0.2) is 5.33 Å². The van der Waals surface area contributed by atoms with Crippen molar-refractivity contribution in [1.82, 2.24) is 0 Å². The number of allylic oxidation sites excluding steroid dienone is 1. The third kappa shape index (κ3) is 2.89. The summed E-state index contributed by atoms with van der Waals surface area (Å²) in [7, 11) is 0. The van der Waals surface area contributed by atoms with Gasteiger partial charge in [-0.15, -0.1) is 0 Å². The molecule has 0 aromatic heterocycles. The maximum absolute atomic E-state index is 3.34. The van der Waals surface area contributed by atoms with Gasteiger partial charge in [0, 0.05) is 5.33 Å². The Labute approximate surface area is 76.1 Å². The predicted molar refractivity (Wildman–Crippen MR) is 54.0 cm³/mol. The Morgan fingerprint density at radius 1 is 1.45 bits per heavy atom. The summed E-state index contributed by atoms with van der Waals surface area (Å²) in [6, 6.07) is 8.44. The lowest BCUT2D eigenvalue weighted by atomic mass is 10.1. The van der Waals surface area contributed by atoms with Crippen molar-refractivity contribution < 1.29 is 0 Å². The van der Waals surface area contributed by atoms with Crippen molar-refractivity contribution >= 4 is 22.0 Å². The molecule has 0 saturated carbocycles. The zero-order valence-electron chi connectivity index (χ0n) is 6.55. The lowest BCUT2D eigenvalue weighted by molar-refractivity contribution is 1.46. The lowest BCUT2D eigenvalue weighted by Gasteiger charge is -1.93. The Bertz CT molecular complexity index is 251. The Morgan fingerprint density at radius 3 is 2.91 bits per heavy atom. The molecule has 1 aromatic rings. The van der Waals surface area contributed by atoms with E-state index in [9.17, 15) is 0 Å². The molecule has 0 heterocycles. The van der Waals surface area contributed by atoms with Crippen LogP contribution in [0.4, 0.5) is 0 Å². The van der Waals surface area contributed by atoms with Gasteiger partial charge in [0.25, 0.3) is 0 Å². The van der Waals surface area contributed by atoms with Crippen LogP contribution in [0, 0.1) is 6.92 Å². The molecule has 0 bridgehead atoms. The van der Waals surface area contributed by atoms with Gasteiger partial charge >= 0.3 is 0 Å². The van der Waals surface area contributed by atoms with Gasteiger partial charge in [0.15, 0.2) is 0 Å². The van der Waals surface area contributed by atoms with Crippen molar-refractivity contribution in [2.75, 3.05) is 5.33 Å². The first-order valence-corrected chi connectivity index (χ1v) is 4.74. The fourth-order valence-corrected chi connectivity index (χ4v) is 1.14. The van der Waals surface area contributed by atoms with E-state index in [4.69, 9.17) is 0 Å². The van der Waals surface area contributed by atoms with Gasteiger partial charge in [-0.1, -0.05) is 57.9 Å². The summed E-state index contributed by atoms with van der Waals surface area (Å²) >= 11 is 3.34. The zero-order chi connectivity index (χ0) is 8.10. The fraction of sp³-hybridized carbons (Fsp3) is 0.200. The average Bonchev–Trinajstić information content (AvgIpc) is 2.01. The quantitative estimate of drug-likeness (QED) is 0.657. The highest BCUT2D eigenvalue weighted by Gasteiger charge is 1.85. The molecule has 1 rings (SSSR count). The number of hydrogen-bond donors (Lipinski definition) is 0. The molecule has 0 aliphatic rings. The molecular formula is C10H11Br. The zero-order valence-corrected chi connectivity index (χ0v) is 8.14. The van der Waals surface area contributed by atoms with E-state index in [2.05, 4.69) is 59.3 Å². The third-order valence-corrected chi connectivity index (χ3v) is 1.82. The second-order valence-corrected chi connectivity index (χ2v) is 3.12. The van der Waals surface area contributed by atoms with E-state index in [1.54, 1.807) is 0 Å². The summed E-state index contributed by atoms with van der Waals surface area (Å²) in [6.45, 7) is 2.10. The summed E-state index contributed by atoms with van der Waals surface area (Å²) < 4.78 is 0. The Kier molecular flexibility index (Phi) is 3.37. The van der Waals surface area contributed by atoms with Gasteiger partial charge in [-0.05, 0) is 12.5 Å². The number of benzene rings is 1. The summed E-state index contributed by atoms with van der Waals surface area (Å²) in [5.74, 6) is 0. The van der Waals surface area contributed by atoms with Crippen LogP contribution < -0.4 is 0 Å². The average molecular weight is 211 g/mol. The summed E-state index contributed by atoms with van der Waals surface area (Å²) in [5.41, 5.74) is 2.58. The molecule has 0 aliphatic carbocycles. The first-order chi connectivity index (χ1) is 5.33. The molecule has 58 valence electrons. The van der Waals surface area contributed by atoms with Gasteiger partial charge in [0.1, 0.15) is 0 Å². The minimum atomic E-state index is 0.918. The Morgan fingerprint density at radius 2 is 2.27 bits per heavy atom. The molecule has 0 spiro atoms. The maximum atomic E-state index is 3.34. The van der Waals surface area contributed by atoms with Gasteiger partial charge in [-0.25, -0.2) is 0 Å². The topological polar surface area (TPSA) is 0 Å². The van der Waals surface area contributed by atoms with Crippen molar-refractivity contribution in [3.8, 4) is 0 Å². The molecule has 0 nitrogen and oxygen atoms in total. The number of alkyl halides is 1. The van der Waals surface area contributed by atoms with E-state index in [-0.39, 0.29) is 0 Å². The van der Waals surface area contributed by atoms with Crippen molar-refractivity contribution in [2.24, 2.45) is 0 Å². The van der Waals surface area contributed by atoms with Crippen LogP contribution in [0.2, 0.25) is 0 Å². The molecule has 0 unspecified atom stereocenters. The van der Waals surface area contributed by atoms with Gasteiger partial charge < -0.3 is 0 Å². The molecule has 0 fully saturated rings. The molecule has 0 saturated heterocycles. The smallest absolute Gasteiger partial charge is 0.0215 e. The van der Waals surface area contributed by atoms with Crippen molar-refractivity contribution in [3.63, 3.8) is 0 Å². The van der Waals surface area contributed by atoms with Gasteiger partial charge in [-0.2, -0.15) is 0 Å². The van der Waals surface area contributed by atoms with Crippen LogP contribution >= 0.6 is 15.9 Å². The van der Waals surface area contributed by atoms with Gasteiger partial charge in [0.2, 0.25) is 0 Å². The molecule has 0 amide bonds. The molecule has 0 atom stereocenters. The molecule has 0 radical (unpaired) electrons. The monoisotopic (exact) mass is 210 g/mol. The van der Waals surface area contributed by atoms with Crippen LogP contribution in [0.25, 0.3) is 6.08 Å². The Hall–Kier alpha value is -0.560. The largest absolute Gasteiger partial charge is 0.0883 e. The normalized spacial score (nSPS) is 10.7. The van der Waals surface area contributed by atoms with E-state index in [1.165, 1.54) is 11.1 Å². The summed E-state index contributed by atoms with van der Waals surface area (Å²) in [5, 5.41) is 0.918. The van der Waals surface area contributed by atoms with Crippen LogP contribution in [0.15, 0.2) is 30.3 Å². The van der Waals surface area contributed by atoms with E-state index in [1.807, 2.05) is 0 Å². The first kappa shape index (κ1) is 8.54. The maximum Gasteiger partial charge on any atom is 0.0215 e. The van der Waals surface area contributed by atoms with Crippen LogP contribution in [-0.2, 0) is 0 Å². The van der Waals surface area contributed by atoms with Crippen molar-refractivity contribution in [1.29, 1.82) is 0 Å². The van der Waals surface area contributed by atoms with E-state index < -0.39 is 0 Å². The van der Waals surface area contributed by atoms with Gasteiger partial charge in [-0.3, -0.25) is 0 Å². The highest BCUT2D eigenvalue weighted by Crippen LogP contribution is 2.05. The van der Waals surface area contributed by atoms with Crippen molar-refractivity contribution in [3.05, 3.63) is 41.5 Å². The first-order valence-electron chi connectivity index (χ1n) is 3.62. The van der Waals surface area contributed by atoms with Crippen LogP contribution in [0.3, 0.4) is 0 Å². The van der Waals surface area contributed by atoms with E-state index in [0.717, 1.165) is 5.33 Å². The highest BCUT2D eigenvalue weighted by atomic mass is 79.9. The molecule has 11 heavy (non-hydrogen) atoms. The summed E-state index contributed by atoms with van der Waals surface area (Å²) in [4.78, 5) is 0. The number of hydrogen-bond acceptors (Lipinski definition) is 0. The molecule has 1 aromatic carbocycles. The van der Waals surface area contributed by atoms with Crippen LogP contribution in [0.1, 0.15) is 11.1 Å². The number of aryl methyl sites for hydroxylation is 1. The highest BCUT2D eigenvalue weighted by molar-refractivity contribution is 9.09. The fourth-order valence-electron chi connectivity index (χ4n) is 0.954. The molecule has 0 N–H and O–H groups in total. The van der Waals surface area contributed by atoms with E-state index in [0.29, 0.717) is 0 Å². The molecule has 1 heteroatoms. The van der Waals surface area contributed by atoms with Crippen molar-refractivity contribution in [2.45, 2.75) is 6.92 Å². The number of rotatable bonds is 2. The molecule has 0 aliphatic heterocycles. The second kappa shape index (κ2) is 4.35. The second-order valence-electron chi connectivity index (χ2n) is 2.47. The Balaban J connectivity index is 2.79. The predicted octanol–water partition coefficient (Wildman–Crippen LogP) is 3.40. The lowest BCUT2D eigenvalue weighted by Crippen LogP contribution is -1.74. The van der Waals surface area contributed by atoms with Crippen LogP contribution in [0.5, 0.6) is 0 Å².